The molecule has 26 heavy (non-hydrogen) atoms. The third kappa shape index (κ3) is 3.63. The molecule has 4 rings (SSSR count). The Hall–Kier alpha value is -1.13. The van der Waals surface area contributed by atoms with E-state index in [9.17, 15) is 4.39 Å². The van der Waals surface area contributed by atoms with Gasteiger partial charge in [-0.05, 0) is 68.1 Å². The number of hydrogen-bond donors (Lipinski definition) is 0. The van der Waals surface area contributed by atoms with E-state index in [0.717, 1.165) is 24.0 Å². The Balaban J connectivity index is 1.62. The third-order valence-corrected chi connectivity index (χ3v) is 6.54. The second kappa shape index (κ2) is 7.47. The summed E-state index contributed by atoms with van der Waals surface area (Å²) in [6, 6.07) is 13.3. The molecule has 4 atom stereocenters. The van der Waals surface area contributed by atoms with Gasteiger partial charge in [-0.25, -0.2) is 4.39 Å². The van der Waals surface area contributed by atoms with Crippen molar-refractivity contribution in [1.82, 2.24) is 4.90 Å². The zero-order chi connectivity index (χ0) is 18.3. The lowest BCUT2D eigenvalue weighted by molar-refractivity contribution is -0.0426. The second-order valence-electron chi connectivity index (χ2n) is 7.39. The predicted molar refractivity (Wildman–Crippen MR) is 103 cm³/mol. The SMILES string of the molecule is CN1[C@@H]2CC[C@H]1CC(OC(c1ccc(F)cc1)c1ccc(Cl)c(Cl)c1)C2. The van der Waals surface area contributed by atoms with Gasteiger partial charge in [0.05, 0.1) is 16.1 Å². The Morgan fingerprint density at radius 1 is 0.962 bits per heavy atom. The van der Waals surface area contributed by atoms with Gasteiger partial charge in [0.2, 0.25) is 0 Å². The Morgan fingerprint density at radius 3 is 2.19 bits per heavy atom. The highest BCUT2D eigenvalue weighted by Crippen LogP contribution is 2.39. The van der Waals surface area contributed by atoms with E-state index in [2.05, 4.69) is 11.9 Å². The number of ether oxygens (including phenoxy) is 1. The average Bonchev–Trinajstić information content (AvgIpc) is 2.83. The maximum absolute atomic E-state index is 13.4. The smallest absolute Gasteiger partial charge is 0.123 e. The fourth-order valence-corrected chi connectivity index (χ4v) is 4.63. The Kier molecular flexibility index (Phi) is 5.24. The monoisotopic (exact) mass is 393 g/mol. The summed E-state index contributed by atoms with van der Waals surface area (Å²) in [6.45, 7) is 0. The maximum Gasteiger partial charge on any atom is 0.123 e. The van der Waals surface area contributed by atoms with E-state index >= 15 is 0 Å². The van der Waals surface area contributed by atoms with Crippen LogP contribution in [0.3, 0.4) is 0 Å². The molecule has 2 aromatic carbocycles. The van der Waals surface area contributed by atoms with E-state index in [0.29, 0.717) is 22.1 Å². The fraction of sp³-hybridized carbons (Fsp3) is 0.429. The lowest BCUT2D eigenvalue weighted by Crippen LogP contribution is -2.43. The Morgan fingerprint density at radius 2 is 1.58 bits per heavy atom. The van der Waals surface area contributed by atoms with Crippen molar-refractivity contribution >= 4 is 23.2 Å². The molecular formula is C21H22Cl2FNO. The summed E-state index contributed by atoms with van der Waals surface area (Å²) in [7, 11) is 2.22. The molecule has 2 fully saturated rings. The molecule has 2 unspecified atom stereocenters. The van der Waals surface area contributed by atoms with Crippen LogP contribution in [0.2, 0.25) is 10.0 Å². The van der Waals surface area contributed by atoms with Gasteiger partial charge in [-0.2, -0.15) is 0 Å². The number of rotatable bonds is 4. The van der Waals surface area contributed by atoms with Gasteiger partial charge in [0.1, 0.15) is 11.9 Å². The molecular weight excluding hydrogens is 372 g/mol. The minimum Gasteiger partial charge on any atom is -0.365 e. The van der Waals surface area contributed by atoms with Crippen molar-refractivity contribution in [2.24, 2.45) is 0 Å². The first-order chi connectivity index (χ1) is 12.5. The van der Waals surface area contributed by atoms with Crippen molar-refractivity contribution in [2.45, 2.75) is 50.0 Å². The van der Waals surface area contributed by atoms with Crippen LogP contribution in [-0.2, 0) is 4.74 Å². The molecule has 0 saturated carbocycles. The van der Waals surface area contributed by atoms with Gasteiger partial charge in [-0.1, -0.05) is 41.4 Å². The summed E-state index contributed by atoms with van der Waals surface area (Å²) in [5, 5.41) is 1.02. The zero-order valence-corrected chi connectivity index (χ0v) is 16.2. The number of halogens is 3. The largest absolute Gasteiger partial charge is 0.365 e. The highest BCUT2D eigenvalue weighted by Gasteiger charge is 2.39. The zero-order valence-electron chi connectivity index (χ0n) is 14.7. The highest BCUT2D eigenvalue weighted by molar-refractivity contribution is 6.42. The van der Waals surface area contributed by atoms with Gasteiger partial charge < -0.3 is 9.64 Å². The molecule has 2 saturated heterocycles. The van der Waals surface area contributed by atoms with Crippen LogP contribution in [0.5, 0.6) is 0 Å². The van der Waals surface area contributed by atoms with Gasteiger partial charge in [0.25, 0.3) is 0 Å². The highest BCUT2D eigenvalue weighted by atomic mass is 35.5. The van der Waals surface area contributed by atoms with Gasteiger partial charge >= 0.3 is 0 Å². The molecule has 2 bridgehead atoms. The van der Waals surface area contributed by atoms with E-state index < -0.39 is 0 Å². The van der Waals surface area contributed by atoms with Crippen LogP contribution in [0, 0.1) is 5.82 Å². The third-order valence-electron chi connectivity index (χ3n) is 5.80. The molecule has 0 N–H and O–H groups in total. The molecule has 0 aliphatic carbocycles. The molecule has 5 heteroatoms. The maximum atomic E-state index is 13.4. The molecule has 0 aromatic heterocycles. The molecule has 2 aliphatic rings. The molecule has 138 valence electrons. The van der Waals surface area contributed by atoms with E-state index in [4.69, 9.17) is 27.9 Å². The van der Waals surface area contributed by atoms with E-state index in [1.54, 1.807) is 18.2 Å². The average molecular weight is 394 g/mol. The summed E-state index contributed by atoms with van der Waals surface area (Å²) in [6.07, 6.45) is 4.47. The lowest BCUT2D eigenvalue weighted by atomic mass is 9.97. The molecule has 0 amide bonds. The first kappa shape index (κ1) is 18.2. The number of piperidine rings is 1. The van der Waals surface area contributed by atoms with E-state index in [1.807, 2.05) is 12.1 Å². The summed E-state index contributed by atoms with van der Waals surface area (Å²) < 4.78 is 20.0. The van der Waals surface area contributed by atoms with Gasteiger partial charge in [0.15, 0.2) is 0 Å². The summed E-state index contributed by atoms with van der Waals surface area (Å²) in [5.41, 5.74) is 1.87. The van der Waals surface area contributed by atoms with Crippen molar-refractivity contribution in [3.8, 4) is 0 Å². The molecule has 2 aliphatic heterocycles. The van der Waals surface area contributed by atoms with E-state index in [1.165, 1.54) is 25.0 Å². The van der Waals surface area contributed by atoms with Crippen molar-refractivity contribution in [2.75, 3.05) is 7.05 Å². The first-order valence-corrected chi connectivity index (χ1v) is 9.84. The molecule has 2 nitrogen and oxygen atoms in total. The normalized spacial score (nSPS) is 26.8. The standard InChI is InChI=1S/C21H22Cl2FNO/c1-25-16-7-8-17(25)12-18(11-16)26-21(13-2-5-15(24)6-3-13)14-4-9-19(22)20(23)10-14/h2-6,9-10,16-18,21H,7-8,11-12H2,1H3/t16-,17+,18?,21?. The molecule has 0 spiro atoms. The van der Waals surface area contributed by atoms with E-state index in [-0.39, 0.29) is 18.0 Å². The molecule has 2 heterocycles. The second-order valence-corrected chi connectivity index (χ2v) is 8.20. The summed E-state index contributed by atoms with van der Waals surface area (Å²) in [4.78, 5) is 2.49. The van der Waals surface area contributed by atoms with Crippen LogP contribution in [0.25, 0.3) is 0 Å². The number of fused-ring (bicyclic) bond motifs is 2. The molecule has 2 aromatic rings. The van der Waals surface area contributed by atoms with Crippen LogP contribution in [-0.4, -0.2) is 30.1 Å². The van der Waals surface area contributed by atoms with Gasteiger partial charge in [-0.3, -0.25) is 0 Å². The lowest BCUT2D eigenvalue weighted by Gasteiger charge is -2.38. The van der Waals surface area contributed by atoms with Crippen LogP contribution >= 0.6 is 23.2 Å². The summed E-state index contributed by atoms with van der Waals surface area (Å²) >= 11 is 12.3. The van der Waals surface area contributed by atoms with Crippen molar-refractivity contribution in [3.05, 3.63) is 69.5 Å². The Bertz CT molecular complexity index is 768. The van der Waals surface area contributed by atoms with Crippen molar-refractivity contribution in [1.29, 1.82) is 0 Å². The minimum atomic E-state index is -0.279. The van der Waals surface area contributed by atoms with Crippen LogP contribution < -0.4 is 0 Å². The Labute approximate surface area is 163 Å². The fourth-order valence-electron chi connectivity index (χ4n) is 4.33. The number of nitrogens with zero attached hydrogens (tertiary/aromatic N) is 1. The quantitative estimate of drug-likeness (QED) is 0.644. The van der Waals surface area contributed by atoms with Crippen LogP contribution in [0.15, 0.2) is 42.5 Å². The van der Waals surface area contributed by atoms with Crippen LogP contribution in [0.4, 0.5) is 4.39 Å². The topological polar surface area (TPSA) is 12.5 Å². The van der Waals surface area contributed by atoms with Crippen molar-refractivity contribution in [3.63, 3.8) is 0 Å². The van der Waals surface area contributed by atoms with Crippen molar-refractivity contribution < 1.29 is 9.13 Å². The van der Waals surface area contributed by atoms with Crippen LogP contribution in [0.1, 0.15) is 42.9 Å². The first-order valence-electron chi connectivity index (χ1n) is 9.09. The minimum absolute atomic E-state index is 0.188. The van der Waals surface area contributed by atoms with Gasteiger partial charge in [0, 0.05) is 12.1 Å². The predicted octanol–water partition coefficient (Wildman–Crippen LogP) is 5.86. The summed E-state index contributed by atoms with van der Waals surface area (Å²) in [5.74, 6) is -0.251. The van der Waals surface area contributed by atoms with Gasteiger partial charge in [-0.15, -0.1) is 0 Å². The number of hydrogen-bond acceptors (Lipinski definition) is 2. The molecule has 0 radical (unpaired) electrons. The number of benzene rings is 2.